The number of aliphatic imine (C=N–C) groups is 2. The molecule has 53 heavy (non-hydrogen) atoms. The molecule has 6 amide bonds. The van der Waals surface area contributed by atoms with E-state index in [2.05, 4.69) is 41.9 Å². The third-order valence-corrected chi connectivity index (χ3v) is 7.46. The Bertz CT molecular complexity index is 1270. The standard InChI is InChI=1S/C31H60N14O8/c1-17(2)14-22(29(52)53)45-28(51)21(10-7-13-39-31(36)37)44-27(50)20(9-6-12-38-30(34)35)43-26(49)19(8-4-5-11-32)42-25(48)18(3)41-24(47)16-40-23(46)15-33/h17-22H,4-16,32-33H2,1-3H3,(H,40,46)(H,41,47)(H,42,48)(H,43,49)(H,44,50)(H,45,51)(H,52,53)(H4,34,35,38)(H4,36,37,39)/t18-,19-,20-,21-,22-/m0/s1. The van der Waals surface area contributed by atoms with E-state index >= 15 is 0 Å². The molecular weight excluding hydrogens is 696 g/mol. The lowest BCUT2D eigenvalue weighted by Gasteiger charge is -2.27. The molecule has 0 aromatic carbocycles. The zero-order valence-electron chi connectivity index (χ0n) is 30.8. The van der Waals surface area contributed by atoms with Crippen molar-refractivity contribution in [3.8, 4) is 0 Å². The number of hydrogen-bond donors (Lipinski definition) is 13. The molecule has 0 fully saturated rings. The van der Waals surface area contributed by atoms with Gasteiger partial charge in [-0.25, -0.2) is 4.79 Å². The molecule has 22 nitrogen and oxygen atoms in total. The van der Waals surface area contributed by atoms with Crippen molar-refractivity contribution in [3.63, 3.8) is 0 Å². The summed E-state index contributed by atoms with van der Waals surface area (Å²) in [4.78, 5) is 97.0. The number of nitrogens with two attached hydrogens (primary N) is 6. The van der Waals surface area contributed by atoms with Gasteiger partial charge in [-0.15, -0.1) is 0 Å². The second kappa shape index (κ2) is 26.5. The van der Waals surface area contributed by atoms with Crippen LogP contribution in [0.2, 0.25) is 0 Å². The van der Waals surface area contributed by atoms with Crippen LogP contribution in [-0.2, 0) is 33.6 Å². The van der Waals surface area contributed by atoms with Gasteiger partial charge in [-0.2, -0.15) is 0 Å². The number of carboxylic acids is 1. The minimum atomic E-state index is -1.27. The van der Waals surface area contributed by atoms with Crippen LogP contribution in [0.4, 0.5) is 0 Å². The molecule has 0 rings (SSSR count). The largest absolute Gasteiger partial charge is 0.480 e. The molecule has 0 aliphatic heterocycles. The highest BCUT2D eigenvalue weighted by molar-refractivity contribution is 5.96. The van der Waals surface area contributed by atoms with E-state index in [4.69, 9.17) is 34.4 Å². The first-order valence-corrected chi connectivity index (χ1v) is 17.4. The van der Waals surface area contributed by atoms with E-state index in [0.29, 0.717) is 19.4 Å². The van der Waals surface area contributed by atoms with Crippen molar-refractivity contribution < 1.29 is 38.7 Å². The minimum Gasteiger partial charge on any atom is -0.480 e. The SMILES string of the molecule is CC(C)C[C@H](NC(=O)[C@H](CCCN=C(N)N)NC(=O)[C@H](CCCN=C(N)N)NC(=O)[C@H](CCCCN)NC(=O)[C@H](C)NC(=O)CNC(=O)CN)C(=O)O. The number of nitrogens with one attached hydrogen (secondary N) is 6. The fourth-order valence-corrected chi connectivity index (χ4v) is 4.72. The summed E-state index contributed by atoms with van der Waals surface area (Å²) in [6.45, 7) is 4.73. The van der Waals surface area contributed by atoms with Crippen molar-refractivity contribution in [1.29, 1.82) is 0 Å². The third-order valence-electron chi connectivity index (χ3n) is 7.46. The highest BCUT2D eigenvalue weighted by Crippen LogP contribution is 2.09. The van der Waals surface area contributed by atoms with Crippen LogP contribution in [0.1, 0.15) is 72.1 Å². The Morgan fingerprint density at radius 3 is 1.42 bits per heavy atom. The fourth-order valence-electron chi connectivity index (χ4n) is 4.72. The molecule has 0 heterocycles. The maximum Gasteiger partial charge on any atom is 0.326 e. The van der Waals surface area contributed by atoms with Crippen molar-refractivity contribution in [3.05, 3.63) is 0 Å². The van der Waals surface area contributed by atoms with Crippen LogP contribution in [0, 0.1) is 5.92 Å². The van der Waals surface area contributed by atoms with E-state index in [1.165, 1.54) is 6.92 Å². The maximum absolute atomic E-state index is 13.8. The lowest BCUT2D eigenvalue weighted by molar-refractivity contribution is -0.143. The Hall–Kier alpha value is -5.25. The summed E-state index contributed by atoms with van der Waals surface area (Å²) in [5, 5.41) is 24.7. The first kappa shape index (κ1) is 47.8. The zero-order valence-corrected chi connectivity index (χ0v) is 30.8. The van der Waals surface area contributed by atoms with Gasteiger partial charge in [0.1, 0.15) is 30.2 Å². The molecule has 22 heteroatoms. The Balaban J connectivity index is 6.21. The molecule has 0 aliphatic rings. The summed E-state index contributed by atoms with van der Waals surface area (Å²) in [5.41, 5.74) is 32.5. The molecule has 5 atom stereocenters. The highest BCUT2D eigenvalue weighted by Gasteiger charge is 2.32. The first-order valence-electron chi connectivity index (χ1n) is 17.4. The van der Waals surface area contributed by atoms with Crippen molar-refractivity contribution >= 4 is 53.3 Å². The van der Waals surface area contributed by atoms with Gasteiger partial charge in [-0.1, -0.05) is 13.8 Å². The van der Waals surface area contributed by atoms with Gasteiger partial charge in [0.2, 0.25) is 35.4 Å². The van der Waals surface area contributed by atoms with Crippen molar-refractivity contribution in [2.45, 2.75) is 102 Å². The van der Waals surface area contributed by atoms with Gasteiger partial charge < -0.3 is 71.4 Å². The summed E-state index contributed by atoms with van der Waals surface area (Å²) in [7, 11) is 0. The molecular formula is C31H60N14O8. The number of guanidine groups is 2. The molecule has 0 aliphatic carbocycles. The summed E-state index contributed by atoms with van der Waals surface area (Å²) in [6.07, 6.45) is 1.61. The van der Waals surface area contributed by atoms with E-state index in [1.54, 1.807) is 13.8 Å². The van der Waals surface area contributed by atoms with Crippen LogP contribution < -0.4 is 66.3 Å². The van der Waals surface area contributed by atoms with E-state index in [9.17, 15) is 38.7 Å². The first-order chi connectivity index (χ1) is 24.9. The number of carboxylic acid groups (broad SMARTS) is 1. The Labute approximate surface area is 309 Å². The van der Waals surface area contributed by atoms with E-state index < -0.39 is 78.2 Å². The molecule has 19 N–H and O–H groups in total. The van der Waals surface area contributed by atoms with Gasteiger partial charge in [-0.3, -0.25) is 38.8 Å². The van der Waals surface area contributed by atoms with E-state index in [0.717, 1.165) is 0 Å². The number of carbonyl (C=O) groups excluding carboxylic acids is 6. The predicted molar refractivity (Wildman–Crippen MR) is 197 cm³/mol. The van der Waals surface area contributed by atoms with Crippen molar-refractivity contribution in [1.82, 2.24) is 31.9 Å². The van der Waals surface area contributed by atoms with Crippen LogP contribution in [0.15, 0.2) is 9.98 Å². The lowest BCUT2D eigenvalue weighted by Crippen LogP contribution is -2.58. The van der Waals surface area contributed by atoms with Crippen molar-refractivity contribution in [2.75, 3.05) is 32.7 Å². The molecule has 0 saturated heterocycles. The average Bonchev–Trinajstić information content (AvgIpc) is 3.08. The van der Waals surface area contributed by atoms with E-state index in [1.807, 2.05) is 0 Å². The molecule has 0 saturated carbocycles. The van der Waals surface area contributed by atoms with Gasteiger partial charge >= 0.3 is 5.97 Å². The van der Waals surface area contributed by atoms with Gasteiger partial charge in [-0.05, 0) is 70.8 Å². The minimum absolute atomic E-state index is 0.00770. The number of unbranched alkanes of at least 4 members (excludes halogenated alkanes) is 1. The molecule has 0 unspecified atom stereocenters. The van der Waals surface area contributed by atoms with Gasteiger partial charge in [0, 0.05) is 13.1 Å². The number of rotatable bonds is 27. The van der Waals surface area contributed by atoms with Gasteiger partial charge in [0.05, 0.1) is 13.1 Å². The topological polar surface area (TPSA) is 393 Å². The number of hydrogen-bond acceptors (Lipinski definition) is 11. The summed E-state index contributed by atoms with van der Waals surface area (Å²) in [6, 6.07) is -6.05. The van der Waals surface area contributed by atoms with Crippen LogP contribution in [0.5, 0.6) is 0 Å². The van der Waals surface area contributed by atoms with Gasteiger partial charge in [0.25, 0.3) is 0 Å². The molecule has 0 spiro atoms. The number of carbonyl (C=O) groups is 7. The fraction of sp³-hybridized carbons (Fsp3) is 0.710. The number of amides is 6. The van der Waals surface area contributed by atoms with Gasteiger partial charge in [0.15, 0.2) is 11.9 Å². The summed E-state index contributed by atoms with van der Waals surface area (Å²) < 4.78 is 0. The number of aliphatic carboxylic acids is 1. The smallest absolute Gasteiger partial charge is 0.326 e. The Morgan fingerprint density at radius 2 is 1.02 bits per heavy atom. The van der Waals surface area contributed by atoms with Crippen LogP contribution in [0.3, 0.4) is 0 Å². The second-order valence-electron chi connectivity index (χ2n) is 12.7. The summed E-state index contributed by atoms with van der Waals surface area (Å²) in [5.74, 6) is -5.96. The van der Waals surface area contributed by atoms with Crippen LogP contribution in [-0.4, -0.2) is 121 Å². The normalized spacial score (nSPS) is 13.5. The quantitative estimate of drug-likeness (QED) is 0.0212. The Morgan fingerprint density at radius 1 is 0.585 bits per heavy atom. The summed E-state index contributed by atoms with van der Waals surface area (Å²) >= 11 is 0. The Kier molecular flexibility index (Phi) is 23.9. The predicted octanol–water partition coefficient (Wildman–Crippen LogP) is -5.13. The van der Waals surface area contributed by atoms with Crippen molar-refractivity contribution in [2.24, 2.45) is 50.3 Å². The lowest BCUT2D eigenvalue weighted by atomic mass is 10.0. The second-order valence-corrected chi connectivity index (χ2v) is 12.7. The molecule has 0 aromatic rings. The average molecular weight is 757 g/mol. The van der Waals surface area contributed by atoms with Crippen LogP contribution >= 0.6 is 0 Å². The number of nitrogens with zero attached hydrogens (tertiary/aromatic N) is 2. The monoisotopic (exact) mass is 756 g/mol. The van der Waals surface area contributed by atoms with Crippen LogP contribution in [0.25, 0.3) is 0 Å². The zero-order chi connectivity index (χ0) is 40.5. The molecule has 0 bridgehead atoms. The molecule has 302 valence electrons. The molecule has 0 aromatic heterocycles. The maximum atomic E-state index is 13.8. The highest BCUT2D eigenvalue weighted by atomic mass is 16.4. The third kappa shape index (κ3) is 22.3. The van der Waals surface area contributed by atoms with E-state index in [-0.39, 0.29) is 76.0 Å². The molecule has 0 radical (unpaired) electrons.